The predicted octanol–water partition coefficient (Wildman–Crippen LogP) is 4.07. The van der Waals surface area contributed by atoms with Gasteiger partial charge in [0.1, 0.15) is 11.5 Å². The zero-order chi connectivity index (χ0) is 20.2. The molecule has 1 aliphatic heterocycles. The largest absolute Gasteiger partial charge is 0.497 e. The van der Waals surface area contributed by atoms with Crippen LogP contribution < -0.4 is 14.4 Å². The zero-order valence-electron chi connectivity index (χ0n) is 16.6. The molecule has 0 bridgehead atoms. The molecular weight excluding hydrogens is 388 g/mol. The number of amides is 1. The van der Waals surface area contributed by atoms with Gasteiger partial charge in [-0.2, -0.15) is 0 Å². The number of anilines is 1. The van der Waals surface area contributed by atoms with E-state index in [4.69, 9.17) is 19.2 Å². The first-order valence-electron chi connectivity index (χ1n) is 9.66. The van der Waals surface area contributed by atoms with E-state index in [1.807, 2.05) is 42.5 Å². The Kier molecular flexibility index (Phi) is 5.97. The van der Waals surface area contributed by atoms with Gasteiger partial charge in [0.15, 0.2) is 5.13 Å². The average Bonchev–Trinajstić information content (AvgIpc) is 3.41. The smallest absolute Gasteiger partial charge is 0.233 e. The van der Waals surface area contributed by atoms with Crippen molar-refractivity contribution < 1.29 is 19.0 Å². The lowest BCUT2D eigenvalue weighted by molar-refractivity contribution is -0.118. The topological polar surface area (TPSA) is 60.9 Å². The van der Waals surface area contributed by atoms with Crippen LogP contribution in [0.2, 0.25) is 0 Å². The zero-order valence-corrected chi connectivity index (χ0v) is 17.4. The van der Waals surface area contributed by atoms with Crippen LogP contribution in [0.1, 0.15) is 18.4 Å². The maximum Gasteiger partial charge on any atom is 0.233 e. The Morgan fingerprint density at radius 3 is 2.62 bits per heavy atom. The number of thiazole rings is 1. The van der Waals surface area contributed by atoms with E-state index in [1.54, 1.807) is 19.1 Å². The highest BCUT2D eigenvalue weighted by molar-refractivity contribution is 7.22. The molecule has 0 aliphatic carbocycles. The van der Waals surface area contributed by atoms with Crippen molar-refractivity contribution in [2.75, 3.05) is 32.3 Å². The summed E-state index contributed by atoms with van der Waals surface area (Å²) < 4.78 is 17.3. The Morgan fingerprint density at radius 1 is 1.17 bits per heavy atom. The summed E-state index contributed by atoms with van der Waals surface area (Å²) in [5.41, 5.74) is 1.77. The van der Waals surface area contributed by atoms with Gasteiger partial charge in [-0.1, -0.05) is 23.5 Å². The highest BCUT2D eigenvalue weighted by Gasteiger charge is 2.26. The maximum atomic E-state index is 13.2. The van der Waals surface area contributed by atoms with Crippen molar-refractivity contribution in [3.8, 4) is 11.5 Å². The minimum absolute atomic E-state index is 0.0108. The third kappa shape index (κ3) is 4.52. The maximum absolute atomic E-state index is 13.2. The van der Waals surface area contributed by atoms with Crippen molar-refractivity contribution in [3.63, 3.8) is 0 Å². The molecular formula is C22H24N2O4S. The van der Waals surface area contributed by atoms with Crippen LogP contribution in [0.3, 0.4) is 0 Å². The Hall–Kier alpha value is -2.64. The summed E-state index contributed by atoms with van der Waals surface area (Å²) in [6.45, 7) is 1.27. The molecule has 6 nitrogen and oxygen atoms in total. The molecule has 1 atom stereocenters. The third-order valence-corrected chi connectivity index (χ3v) is 6.10. The van der Waals surface area contributed by atoms with E-state index in [0.29, 0.717) is 18.1 Å². The van der Waals surface area contributed by atoms with Crippen LogP contribution >= 0.6 is 11.3 Å². The molecule has 152 valence electrons. The number of nitrogens with zero attached hydrogens (tertiary/aromatic N) is 2. The predicted molar refractivity (Wildman–Crippen MR) is 114 cm³/mol. The van der Waals surface area contributed by atoms with Crippen LogP contribution in [0, 0.1) is 0 Å². The van der Waals surface area contributed by atoms with E-state index in [-0.39, 0.29) is 12.0 Å². The minimum Gasteiger partial charge on any atom is -0.497 e. The molecule has 2 heterocycles. The quantitative estimate of drug-likeness (QED) is 0.585. The van der Waals surface area contributed by atoms with Crippen LogP contribution in [-0.2, 0) is 16.0 Å². The lowest BCUT2D eigenvalue weighted by atomic mass is 10.1. The van der Waals surface area contributed by atoms with Crippen LogP contribution in [0.4, 0.5) is 5.13 Å². The summed E-state index contributed by atoms with van der Waals surface area (Å²) in [7, 11) is 3.27. The molecule has 0 saturated carbocycles. The fourth-order valence-electron chi connectivity index (χ4n) is 3.43. The molecule has 4 rings (SSSR count). The summed E-state index contributed by atoms with van der Waals surface area (Å²) in [6.07, 6.45) is 2.35. The molecule has 0 N–H and O–H groups in total. The molecule has 7 heteroatoms. The molecule has 1 aromatic heterocycles. The van der Waals surface area contributed by atoms with Gasteiger partial charge in [-0.15, -0.1) is 0 Å². The summed E-state index contributed by atoms with van der Waals surface area (Å²) in [6, 6.07) is 13.4. The first-order valence-corrected chi connectivity index (χ1v) is 10.5. The normalized spacial score (nSPS) is 16.1. The number of aromatic nitrogens is 1. The van der Waals surface area contributed by atoms with Gasteiger partial charge in [-0.3, -0.25) is 9.69 Å². The van der Waals surface area contributed by atoms with Crippen molar-refractivity contribution in [1.29, 1.82) is 0 Å². The SMILES string of the molecule is COc1ccc(CC(=O)N(C[C@H]2CCCO2)c2nc3cc(OC)ccc3s2)cc1. The van der Waals surface area contributed by atoms with E-state index in [9.17, 15) is 4.79 Å². The van der Waals surface area contributed by atoms with Crippen molar-refractivity contribution in [2.45, 2.75) is 25.4 Å². The van der Waals surface area contributed by atoms with Gasteiger partial charge in [0, 0.05) is 12.7 Å². The van der Waals surface area contributed by atoms with E-state index < -0.39 is 0 Å². The molecule has 2 aromatic carbocycles. The molecule has 0 unspecified atom stereocenters. The van der Waals surface area contributed by atoms with E-state index >= 15 is 0 Å². The first kappa shape index (κ1) is 19.7. The number of fused-ring (bicyclic) bond motifs is 1. The second kappa shape index (κ2) is 8.80. The molecule has 1 amide bonds. The highest BCUT2D eigenvalue weighted by Crippen LogP contribution is 2.32. The third-order valence-electron chi connectivity index (χ3n) is 5.04. The van der Waals surface area contributed by atoms with Crippen molar-refractivity contribution in [1.82, 2.24) is 4.98 Å². The van der Waals surface area contributed by atoms with Gasteiger partial charge in [-0.05, 0) is 42.7 Å². The monoisotopic (exact) mass is 412 g/mol. The fourth-order valence-corrected chi connectivity index (χ4v) is 4.40. The highest BCUT2D eigenvalue weighted by atomic mass is 32.1. The second-order valence-corrected chi connectivity index (χ2v) is 8.00. The van der Waals surface area contributed by atoms with Gasteiger partial charge in [-0.25, -0.2) is 4.98 Å². The van der Waals surface area contributed by atoms with Crippen LogP contribution in [0.25, 0.3) is 10.2 Å². The van der Waals surface area contributed by atoms with Gasteiger partial charge in [0.2, 0.25) is 5.91 Å². The molecule has 29 heavy (non-hydrogen) atoms. The molecule has 0 radical (unpaired) electrons. The Balaban J connectivity index is 1.60. The Morgan fingerprint density at radius 2 is 1.93 bits per heavy atom. The number of methoxy groups -OCH3 is 2. The Labute approximate surface area is 174 Å². The summed E-state index contributed by atoms with van der Waals surface area (Å²) in [5.74, 6) is 1.54. The number of ether oxygens (including phenoxy) is 3. The fraction of sp³-hybridized carbons (Fsp3) is 0.364. The van der Waals surface area contributed by atoms with Gasteiger partial charge in [0.05, 0.1) is 43.5 Å². The van der Waals surface area contributed by atoms with Crippen molar-refractivity contribution >= 4 is 32.6 Å². The molecule has 1 fully saturated rings. The molecule has 3 aromatic rings. The number of carbonyl (C=O) groups excluding carboxylic acids is 1. The number of hydrogen-bond acceptors (Lipinski definition) is 6. The lowest BCUT2D eigenvalue weighted by Gasteiger charge is -2.23. The van der Waals surface area contributed by atoms with Gasteiger partial charge >= 0.3 is 0 Å². The lowest BCUT2D eigenvalue weighted by Crippen LogP contribution is -2.38. The van der Waals surface area contributed by atoms with Gasteiger partial charge < -0.3 is 14.2 Å². The summed E-state index contributed by atoms with van der Waals surface area (Å²) >= 11 is 1.52. The van der Waals surface area contributed by atoms with E-state index in [2.05, 4.69) is 0 Å². The Bertz CT molecular complexity index is 980. The van der Waals surface area contributed by atoms with E-state index in [0.717, 1.165) is 46.7 Å². The van der Waals surface area contributed by atoms with E-state index in [1.165, 1.54) is 11.3 Å². The van der Waals surface area contributed by atoms with Crippen LogP contribution in [0.5, 0.6) is 11.5 Å². The van der Waals surface area contributed by atoms with Crippen molar-refractivity contribution in [2.24, 2.45) is 0 Å². The van der Waals surface area contributed by atoms with Crippen LogP contribution in [-0.4, -0.2) is 44.4 Å². The standard InChI is InChI=1S/C22H24N2O4S/c1-26-16-7-5-15(6-8-16)12-21(25)24(14-18-4-3-11-28-18)22-23-19-13-17(27-2)9-10-20(19)29-22/h5-10,13,18H,3-4,11-12,14H2,1-2H3/t18-/m1/s1. The number of carbonyl (C=O) groups is 1. The minimum atomic E-state index is 0.0108. The summed E-state index contributed by atoms with van der Waals surface area (Å²) in [5, 5.41) is 0.697. The van der Waals surface area contributed by atoms with Gasteiger partial charge in [0.25, 0.3) is 0 Å². The average molecular weight is 413 g/mol. The summed E-state index contributed by atoms with van der Waals surface area (Å²) in [4.78, 5) is 19.7. The first-order chi connectivity index (χ1) is 14.2. The second-order valence-electron chi connectivity index (χ2n) is 6.99. The van der Waals surface area contributed by atoms with Crippen molar-refractivity contribution in [3.05, 3.63) is 48.0 Å². The van der Waals surface area contributed by atoms with Crippen LogP contribution in [0.15, 0.2) is 42.5 Å². The number of rotatable bonds is 7. The number of benzene rings is 2. The molecule has 0 spiro atoms. The number of hydrogen-bond donors (Lipinski definition) is 0. The molecule has 1 saturated heterocycles. The molecule has 1 aliphatic rings.